The van der Waals surface area contributed by atoms with Crippen LogP contribution < -0.4 is 0 Å². The van der Waals surface area contributed by atoms with E-state index in [-0.39, 0.29) is 18.4 Å². The van der Waals surface area contributed by atoms with E-state index in [0.717, 1.165) is 18.4 Å². The van der Waals surface area contributed by atoms with Crippen molar-refractivity contribution in [2.75, 3.05) is 6.54 Å². The lowest BCUT2D eigenvalue weighted by molar-refractivity contribution is -0.142. The normalized spacial score (nSPS) is 26.4. The summed E-state index contributed by atoms with van der Waals surface area (Å²) >= 11 is 0. The summed E-state index contributed by atoms with van der Waals surface area (Å²) in [6, 6.07) is 9.31. The highest BCUT2D eigenvalue weighted by atomic mass is 16.4. The van der Waals surface area contributed by atoms with E-state index in [1.54, 1.807) is 0 Å². The van der Waals surface area contributed by atoms with Crippen molar-refractivity contribution in [3.63, 3.8) is 0 Å². The highest BCUT2D eigenvalue weighted by Gasteiger charge is 2.45. The fourth-order valence-corrected chi connectivity index (χ4v) is 3.94. The Bertz CT molecular complexity index is 537. The van der Waals surface area contributed by atoms with Crippen LogP contribution >= 0.6 is 0 Å². The Labute approximate surface area is 131 Å². The van der Waals surface area contributed by atoms with Gasteiger partial charge in [0.25, 0.3) is 0 Å². The van der Waals surface area contributed by atoms with Gasteiger partial charge in [-0.25, -0.2) is 0 Å². The molecule has 1 aromatic carbocycles. The molecule has 1 aliphatic heterocycles. The highest BCUT2D eigenvalue weighted by Crippen LogP contribution is 2.40. The molecule has 0 spiro atoms. The summed E-state index contributed by atoms with van der Waals surface area (Å²) in [6.07, 6.45) is 6.17. The van der Waals surface area contributed by atoms with Crippen molar-refractivity contribution >= 4 is 11.9 Å². The van der Waals surface area contributed by atoms with Gasteiger partial charge in [0.05, 0.1) is 12.0 Å². The third-order valence-corrected chi connectivity index (χ3v) is 5.07. The third kappa shape index (κ3) is 3.01. The molecule has 2 atom stereocenters. The maximum atomic E-state index is 12.4. The Kier molecular flexibility index (Phi) is 4.46. The quantitative estimate of drug-likeness (QED) is 0.928. The van der Waals surface area contributed by atoms with Gasteiger partial charge in [0.1, 0.15) is 0 Å². The van der Waals surface area contributed by atoms with E-state index in [0.29, 0.717) is 12.5 Å². The van der Waals surface area contributed by atoms with Crippen LogP contribution in [0.25, 0.3) is 0 Å². The molecule has 1 saturated carbocycles. The summed E-state index contributed by atoms with van der Waals surface area (Å²) in [5, 5.41) is 9.51. The molecule has 0 unspecified atom stereocenters. The number of carbonyl (C=O) groups excluding carboxylic acids is 1. The van der Waals surface area contributed by atoms with Gasteiger partial charge in [0.2, 0.25) is 5.91 Å². The maximum Gasteiger partial charge on any atom is 0.309 e. The van der Waals surface area contributed by atoms with Crippen LogP contribution in [0.3, 0.4) is 0 Å². The summed E-state index contributed by atoms with van der Waals surface area (Å²) in [5.74, 6) is -0.977. The summed E-state index contributed by atoms with van der Waals surface area (Å²) in [5.41, 5.74) is 0.941. The second kappa shape index (κ2) is 6.51. The van der Waals surface area contributed by atoms with Gasteiger partial charge in [-0.05, 0) is 24.3 Å². The van der Waals surface area contributed by atoms with Crippen molar-refractivity contribution in [2.24, 2.45) is 11.8 Å². The van der Waals surface area contributed by atoms with Crippen molar-refractivity contribution in [3.05, 3.63) is 35.9 Å². The van der Waals surface area contributed by atoms with Gasteiger partial charge in [-0.15, -0.1) is 0 Å². The predicted molar refractivity (Wildman–Crippen MR) is 83.2 cm³/mol. The number of amides is 1. The van der Waals surface area contributed by atoms with E-state index < -0.39 is 11.9 Å². The minimum Gasteiger partial charge on any atom is -0.481 e. The molecule has 1 saturated heterocycles. The lowest BCUT2D eigenvalue weighted by Crippen LogP contribution is -2.35. The molecule has 2 fully saturated rings. The number of carbonyl (C=O) groups is 2. The molecule has 0 bridgehead atoms. The Morgan fingerprint density at radius 2 is 1.82 bits per heavy atom. The minimum atomic E-state index is -0.867. The topological polar surface area (TPSA) is 57.6 Å². The van der Waals surface area contributed by atoms with Crippen LogP contribution in [-0.2, 0) is 9.59 Å². The molecular formula is C18H23NO3. The molecule has 1 aliphatic carbocycles. The zero-order valence-corrected chi connectivity index (χ0v) is 12.8. The molecule has 0 aromatic heterocycles. The highest BCUT2D eigenvalue weighted by molar-refractivity contribution is 5.87. The van der Waals surface area contributed by atoms with Gasteiger partial charge < -0.3 is 10.0 Å². The van der Waals surface area contributed by atoms with Crippen LogP contribution in [-0.4, -0.2) is 28.4 Å². The number of hydrogen-bond donors (Lipinski definition) is 1. The fraction of sp³-hybridized carbons (Fsp3) is 0.556. The van der Waals surface area contributed by atoms with Crippen molar-refractivity contribution in [2.45, 2.75) is 44.6 Å². The molecule has 1 aromatic rings. The molecule has 1 N–H and O–H groups in total. The lowest BCUT2D eigenvalue weighted by Gasteiger charge is -2.32. The average Bonchev–Trinajstić information content (AvgIpc) is 2.86. The average molecular weight is 301 g/mol. The SMILES string of the molecule is O=C(O)[C@@H]1CC(=O)N(CC2CCCCC2)[C@H]1c1ccccc1. The van der Waals surface area contributed by atoms with E-state index in [9.17, 15) is 14.7 Å². The van der Waals surface area contributed by atoms with E-state index in [1.165, 1.54) is 19.3 Å². The smallest absolute Gasteiger partial charge is 0.309 e. The van der Waals surface area contributed by atoms with E-state index in [1.807, 2.05) is 35.2 Å². The first-order chi connectivity index (χ1) is 10.7. The van der Waals surface area contributed by atoms with Crippen LogP contribution in [0.4, 0.5) is 0 Å². The second-order valence-corrected chi connectivity index (χ2v) is 6.55. The van der Waals surface area contributed by atoms with Gasteiger partial charge in [0.15, 0.2) is 0 Å². The standard InChI is InChI=1S/C18H23NO3/c20-16-11-15(18(21)22)17(14-9-5-2-6-10-14)19(16)12-13-7-3-1-4-8-13/h2,5-6,9-10,13,15,17H,1,3-4,7-8,11-12H2,(H,21,22)/t15-,17+/m1/s1. The van der Waals surface area contributed by atoms with Crippen LogP contribution in [0.2, 0.25) is 0 Å². The van der Waals surface area contributed by atoms with E-state index in [2.05, 4.69) is 0 Å². The minimum absolute atomic E-state index is 0.00757. The number of nitrogens with zero attached hydrogens (tertiary/aromatic N) is 1. The summed E-state index contributed by atoms with van der Waals surface area (Å²) in [7, 11) is 0. The first-order valence-electron chi connectivity index (χ1n) is 8.24. The summed E-state index contributed by atoms with van der Waals surface area (Å²) in [6.45, 7) is 0.710. The maximum absolute atomic E-state index is 12.4. The Balaban J connectivity index is 1.84. The molecule has 0 radical (unpaired) electrons. The number of aliphatic carboxylic acids is 1. The number of likely N-dealkylation sites (tertiary alicyclic amines) is 1. The Hall–Kier alpha value is -1.84. The molecule has 1 amide bonds. The van der Waals surface area contributed by atoms with Crippen molar-refractivity contribution in [3.8, 4) is 0 Å². The fourth-order valence-electron chi connectivity index (χ4n) is 3.94. The third-order valence-electron chi connectivity index (χ3n) is 5.07. The van der Waals surface area contributed by atoms with Crippen LogP contribution in [0.1, 0.15) is 50.1 Å². The molecule has 3 rings (SSSR count). The van der Waals surface area contributed by atoms with Crippen molar-refractivity contribution in [1.29, 1.82) is 0 Å². The van der Waals surface area contributed by atoms with Gasteiger partial charge >= 0.3 is 5.97 Å². The number of rotatable bonds is 4. The van der Waals surface area contributed by atoms with Crippen LogP contribution in [0.15, 0.2) is 30.3 Å². The number of benzene rings is 1. The second-order valence-electron chi connectivity index (χ2n) is 6.55. The molecule has 1 heterocycles. The largest absolute Gasteiger partial charge is 0.481 e. The van der Waals surface area contributed by atoms with Crippen molar-refractivity contribution < 1.29 is 14.7 Å². The molecule has 22 heavy (non-hydrogen) atoms. The Morgan fingerprint density at radius 1 is 1.14 bits per heavy atom. The molecule has 4 nitrogen and oxygen atoms in total. The van der Waals surface area contributed by atoms with E-state index >= 15 is 0 Å². The number of carboxylic acid groups (broad SMARTS) is 1. The van der Waals surface area contributed by atoms with Crippen molar-refractivity contribution in [1.82, 2.24) is 4.90 Å². The van der Waals surface area contributed by atoms with E-state index in [4.69, 9.17) is 0 Å². The first-order valence-corrected chi connectivity index (χ1v) is 8.24. The molecule has 2 aliphatic rings. The van der Waals surface area contributed by atoms with Crippen LogP contribution in [0, 0.1) is 11.8 Å². The Morgan fingerprint density at radius 3 is 2.45 bits per heavy atom. The summed E-state index contributed by atoms with van der Waals surface area (Å²) < 4.78 is 0. The van der Waals surface area contributed by atoms with Gasteiger partial charge in [-0.3, -0.25) is 9.59 Å². The zero-order valence-electron chi connectivity index (χ0n) is 12.8. The summed E-state index contributed by atoms with van der Waals surface area (Å²) in [4.78, 5) is 25.8. The van der Waals surface area contributed by atoms with Crippen LogP contribution in [0.5, 0.6) is 0 Å². The monoisotopic (exact) mass is 301 g/mol. The number of carboxylic acids is 1. The number of hydrogen-bond acceptors (Lipinski definition) is 2. The molecule has 118 valence electrons. The zero-order chi connectivity index (χ0) is 15.5. The van der Waals surface area contributed by atoms with Gasteiger partial charge in [-0.2, -0.15) is 0 Å². The van der Waals surface area contributed by atoms with Gasteiger partial charge in [-0.1, -0.05) is 49.6 Å². The first kappa shape index (κ1) is 15.1. The van der Waals surface area contributed by atoms with Gasteiger partial charge in [0, 0.05) is 13.0 Å². The molecule has 4 heteroatoms. The predicted octanol–water partition coefficient (Wildman–Crippen LogP) is 3.24. The lowest BCUT2D eigenvalue weighted by atomic mass is 9.88. The molecular weight excluding hydrogens is 278 g/mol.